The molecule has 0 saturated carbocycles. The first-order chi connectivity index (χ1) is 11.8. The van der Waals surface area contributed by atoms with Gasteiger partial charge in [0, 0.05) is 17.3 Å². The maximum Gasteiger partial charge on any atom is 0.471 e. The third-order valence-corrected chi connectivity index (χ3v) is 2.54. The second-order valence-corrected chi connectivity index (χ2v) is 4.36. The number of aromatic nitrogens is 2. The SMILES string of the molecule is N=CCNC(=O)c1ccc(-c2noc(C(F)(F)F)n2)cc1.OCCO. The quantitative estimate of drug-likeness (QED) is 0.591. The number of carbonyl (C=O) groups excluding carboxylic acids is 1. The normalized spacial score (nSPS) is 10.6. The molecule has 0 atom stereocenters. The molecule has 8 nitrogen and oxygen atoms in total. The molecule has 136 valence electrons. The van der Waals surface area contributed by atoms with Crippen LogP contribution >= 0.6 is 0 Å². The Morgan fingerprint density at radius 2 is 1.84 bits per heavy atom. The van der Waals surface area contributed by atoms with Crippen molar-refractivity contribution in [3.8, 4) is 11.4 Å². The third-order valence-electron chi connectivity index (χ3n) is 2.54. The molecule has 2 aromatic rings. The van der Waals surface area contributed by atoms with E-state index in [4.69, 9.17) is 15.6 Å². The Hall–Kier alpha value is -2.79. The minimum atomic E-state index is -4.70. The zero-order valence-electron chi connectivity index (χ0n) is 12.7. The van der Waals surface area contributed by atoms with E-state index in [-0.39, 0.29) is 31.1 Å². The lowest BCUT2D eigenvalue weighted by molar-refractivity contribution is -0.159. The monoisotopic (exact) mass is 360 g/mol. The number of amides is 1. The number of halogens is 3. The molecule has 0 aliphatic heterocycles. The Bertz CT molecular complexity index is 684. The van der Waals surface area contributed by atoms with Crippen molar-refractivity contribution in [2.45, 2.75) is 6.18 Å². The largest absolute Gasteiger partial charge is 0.471 e. The molecule has 0 aliphatic rings. The van der Waals surface area contributed by atoms with Crippen LogP contribution in [0, 0.1) is 5.41 Å². The average Bonchev–Trinajstić information content (AvgIpc) is 3.10. The molecule has 0 unspecified atom stereocenters. The van der Waals surface area contributed by atoms with Gasteiger partial charge >= 0.3 is 12.1 Å². The summed E-state index contributed by atoms with van der Waals surface area (Å²) in [6.45, 7) is -0.152. The van der Waals surface area contributed by atoms with E-state index in [0.29, 0.717) is 5.56 Å². The van der Waals surface area contributed by atoms with Gasteiger partial charge in [0.05, 0.1) is 19.8 Å². The zero-order valence-corrected chi connectivity index (χ0v) is 12.7. The number of nitrogens with zero attached hydrogens (tertiary/aromatic N) is 2. The number of aliphatic hydroxyl groups is 2. The second-order valence-electron chi connectivity index (χ2n) is 4.36. The van der Waals surface area contributed by atoms with E-state index in [1.54, 1.807) is 0 Å². The van der Waals surface area contributed by atoms with E-state index in [1.165, 1.54) is 24.3 Å². The molecule has 0 radical (unpaired) electrons. The van der Waals surface area contributed by atoms with Gasteiger partial charge in [-0.2, -0.15) is 18.2 Å². The summed E-state index contributed by atoms with van der Waals surface area (Å²) >= 11 is 0. The van der Waals surface area contributed by atoms with Gasteiger partial charge in [-0.25, -0.2) is 0 Å². The molecular formula is C14H15F3N4O4. The summed E-state index contributed by atoms with van der Waals surface area (Å²) in [6, 6.07) is 5.64. The molecule has 1 aromatic carbocycles. The molecule has 11 heteroatoms. The van der Waals surface area contributed by atoms with Crippen molar-refractivity contribution in [1.29, 1.82) is 5.41 Å². The third kappa shape index (κ3) is 6.31. The number of hydrogen-bond donors (Lipinski definition) is 4. The lowest BCUT2D eigenvalue weighted by Crippen LogP contribution is -2.24. The summed E-state index contributed by atoms with van der Waals surface area (Å²) in [4.78, 5) is 14.8. The molecule has 0 saturated heterocycles. The van der Waals surface area contributed by atoms with Gasteiger partial charge in [0.15, 0.2) is 0 Å². The highest BCUT2D eigenvalue weighted by Gasteiger charge is 2.38. The van der Waals surface area contributed by atoms with E-state index in [1.807, 2.05) is 0 Å². The number of carbonyl (C=O) groups is 1. The summed E-state index contributed by atoms with van der Waals surface area (Å²) in [6.07, 6.45) is -3.66. The van der Waals surface area contributed by atoms with E-state index < -0.39 is 18.0 Å². The van der Waals surface area contributed by atoms with E-state index >= 15 is 0 Å². The van der Waals surface area contributed by atoms with Crippen molar-refractivity contribution in [2.75, 3.05) is 19.8 Å². The molecule has 1 heterocycles. The minimum absolute atomic E-state index is 0.0976. The van der Waals surface area contributed by atoms with E-state index in [0.717, 1.165) is 6.21 Å². The van der Waals surface area contributed by atoms with Crippen LogP contribution in [0.25, 0.3) is 11.4 Å². The fourth-order valence-corrected chi connectivity index (χ4v) is 1.47. The van der Waals surface area contributed by atoms with Gasteiger partial charge in [-0.3, -0.25) is 4.79 Å². The van der Waals surface area contributed by atoms with Crippen molar-refractivity contribution in [2.24, 2.45) is 0 Å². The lowest BCUT2D eigenvalue weighted by Gasteiger charge is -2.02. The fourth-order valence-electron chi connectivity index (χ4n) is 1.47. The van der Waals surface area contributed by atoms with Crippen LogP contribution in [0.4, 0.5) is 13.2 Å². The predicted molar refractivity (Wildman–Crippen MR) is 80.0 cm³/mol. The number of alkyl halides is 3. The Labute approximate surface area is 139 Å². The maximum atomic E-state index is 12.3. The molecule has 0 fully saturated rings. The number of benzene rings is 1. The van der Waals surface area contributed by atoms with Crippen molar-refractivity contribution >= 4 is 12.1 Å². The Morgan fingerprint density at radius 1 is 1.24 bits per heavy atom. The standard InChI is InChI=1S/C12H9F3N4O2.C2H6O2/c13-12(14,15)11-18-9(19-21-11)7-1-3-8(4-2-7)10(20)17-6-5-16;3-1-2-4/h1-5,16H,6H2,(H,17,20);3-4H,1-2H2. The van der Waals surface area contributed by atoms with Gasteiger partial charge in [0.25, 0.3) is 5.91 Å². The van der Waals surface area contributed by atoms with Crippen molar-refractivity contribution in [1.82, 2.24) is 15.5 Å². The summed E-state index contributed by atoms with van der Waals surface area (Å²) in [5.74, 6) is -2.03. The molecule has 1 amide bonds. The van der Waals surface area contributed by atoms with Crippen LogP contribution in [-0.4, -0.2) is 52.2 Å². The second kappa shape index (κ2) is 9.49. The maximum absolute atomic E-state index is 12.3. The van der Waals surface area contributed by atoms with Gasteiger partial charge in [-0.1, -0.05) is 17.3 Å². The van der Waals surface area contributed by atoms with Gasteiger partial charge < -0.3 is 25.5 Å². The fraction of sp³-hybridized carbons (Fsp3) is 0.286. The lowest BCUT2D eigenvalue weighted by atomic mass is 10.1. The van der Waals surface area contributed by atoms with Gasteiger partial charge in [0.2, 0.25) is 5.82 Å². The molecule has 4 N–H and O–H groups in total. The highest BCUT2D eigenvalue weighted by Crippen LogP contribution is 2.29. The van der Waals surface area contributed by atoms with Crippen LogP contribution in [0.1, 0.15) is 16.2 Å². The average molecular weight is 360 g/mol. The minimum Gasteiger partial charge on any atom is -0.394 e. The molecule has 1 aromatic heterocycles. The smallest absolute Gasteiger partial charge is 0.394 e. The van der Waals surface area contributed by atoms with Crippen LogP contribution in [0.15, 0.2) is 28.8 Å². The Balaban J connectivity index is 0.000000705. The summed E-state index contributed by atoms with van der Waals surface area (Å²) in [7, 11) is 0. The van der Waals surface area contributed by atoms with E-state index in [2.05, 4.69) is 20.0 Å². The zero-order chi connectivity index (χ0) is 18.9. The highest BCUT2D eigenvalue weighted by molar-refractivity contribution is 5.95. The first-order valence-electron chi connectivity index (χ1n) is 6.83. The van der Waals surface area contributed by atoms with Crippen LogP contribution in [0.3, 0.4) is 0 Å². The Kier molecular flexibility index (Phi) is 7.69. The molecule has 25 heavy (non-hydrogen) atoms. The van der Waals surface area contributed by atoms with Gasteiger partial charge in [0.1, 0.15) is 0 Å². The van der Waals surface area contributed by atoms with Crippen molar-refractivity contribution < 1.29 is 32.7 Å². The van der Waals surface area contributed by atoms with Gasteiger partial charge in [-0.15, -0.1) is 0 Å². The molecular weight excluding hydrogens is 345 g/mol. The van der Waals surface area contributed by atoms with Crippen molar-refractivity contribution in [3.63, 3.8) is 0 Å². The van der Waals surface area contributed by atoms with Crippen LogP contribution < -0.4 is 5.32 Å². The van der Waals surface area contributed by atoms with Crippen LogP contribution in [-0.2, 0) is 6.18 Å². The van der Waals surface area contributed by atoms with Crippen molar-refractivity contribution in [3.05, 3.63) is 35.7 Å². The van der Waals surface area contributed by atoms with E-state index in [9.17, 15) is 18.0 Å². The first kappa shape index (κ1) is 20.3. The number of rotatable bonds is 5. The first-order valence-corrected chi connectivity index (χ1v) is 6.83. The Morgan fingerprint density at radius 3 is 2.28 bits per heavy atom. The molecule has 2 rings (SSSR count). The number of nitrogens with one attached hydrogen (secondary N) is 2. The van der Waals surface area contributed by atoms with Crippen LogP contribution in [0.5, 0.6) is 0 Å². The summed E-state index contributed by atoms with van der Waals surface area (Å²) < 4.78 is 41.1. The number of aliphatic hydroxyl groups excluding tert-OH is 2. The van der Waals surface area contributed by atoms with Gasteiger partial charge in [-0.05, 0) is 12.1 Å². The molecule has 0 spiro atoms. The highest BCUT2D eigenvalue weighted by atomic mass is 19.4. The predicted octanol–water partition coefficient (Wildman–Crippen LogP) is 1.11. The summed E-state index contributed by atoms with van der Waals surface area (Å²) in [5.41, 5.74) is 0.595. The number of hydrogen-bond acceptors (Lipinski definition) is 7. The van der Waals surface area contributed by atoms with Crippen LogP contribution in [0.2, 0.25) is 0 Å². The molecule has 0 aliphatic carbocycles. The summed E-state index contributed by atoms with van der Waals surface area (Å²) in [5, 5.41) is 27.7. The topological polar surface area (TPSA) is 132 Å². The molecule has 0 bridgehead atoms.